The van der Waals surface area contributed by atoms with Crippen molar-refractivity contribution in [1.29, 1.82) is 0 Å². The zero-order valence-corrected chi connectivity index (χ0v) is 12.0. The van der Waals surface area contributed by atoms with E-state index in [1.165, 1.54) is 7.11 Å². The fourth-order valence-electron chi connectivity index (χ4n) is 2.78. The Morgan fingerprint density at radius 2 is 1.95 bits per heavy atom. The van der Waals surface area contributed by atoms with Gasteiger partial charge in [0.25, 0.3) is 5.91 Å². The molecular weight excluding hydrogens is 264 g/mol. The Labute approximate surface area is 124 Å². The van der Waals surface area contributed by atoms with Gasteiger partial charge in [0.15, 0.2) is 0 Å². The summed E-state index contributed by atoms with van der Waals surface area (Å²) in [6, 6.07) is 13.6. The van der Waals surface area contributed by atoms with Crippen LogP contribution in [0.3, 0.4) is 0 Å². The number of pyridine rings is 1. The van der Waals surface area contributed by atoms with Crippen molar-refractivity contribution in [2.75, 3.05) is 7.11 Å². The minimum Gasteiger partial charge on any atom is -0.480 e. The van der Waals surface area contributed by atoms with Crippen molar-refractivity contribution in [1.82, 2.24) is 10.3 Å². The van der Waals surface area contributed by atoms with Gasteiger partial charge in [-0.15, -0.1) is 0 Å². The number of hydrogen-bond donors (Lipinski definition) is 1. The first-order chi connectivity index (χ1) is 10.2. The lowest BCUT2D eigenvalue weighted by Gasteiger charge is -2.43. The predicted octanol–water partition coefficient (Wildman–Crippen LogP) is 2.90. The Bertz CT molecular complexity index is 636. The molecule has 0 saturated heterocycles. The number of carbonyl (C=O) groups excluding carboxylic acids is 1. The van der Waals surface area contributed by atoms with E-state index in [-0.39, 0.29) is 11.4 Å². The van der Waals surface area contributed by atoms with Gasteiger partial charge in [-0.1, -0.05) is 30.3 Å². The maximum absolute atomic E-state index is 12.6. The molecule has 0 spiro atoms. The molecule has 1 aliphatic carbocycles. The van der Waals surface area contributed by atoms with Gasteiger partial charge >= 0.3 is 0 Å². The molecule has 1 amide bonds. The number of aromatic nitrogens is 1. The summed E-state index contributed by atoms with van der Waals surface area (Å²) in [6.07, 6.45) is 4.67. The SMILES string of the molecule is COc1ncccc1C(=O)NC1(c2ccccc2)CCC1. The molecule has 1 fully saturated rings. The van der Waals surface area contributed by atoms with E-state index in [0.29, 0.717) is 11.4 Å². The number of rotatable bonds is 4. The van der Waals surface area contributed by atoms with Crippen LogP contribution in [-0.4, -0.2) is 18.0 Å². The minimum atomic E-state index is -0.251. The van der Waals surface area contributed by atoms with Gasteiger partial charge in [0, 0.05) is 6.20 Å². The third-order valence-corrected chi connectivity index (χ3v) is 4.10. The van der Waals surface area contributed by atoms with Gasteiger partial charge in [-0.25, -0.2) is 4.98 Å². The van der Waals surface area contributed by atoms with Crippen LogP contribution in [0.5, 0.6) is 5.88 Å². The normalized spacial score (nSPS) is 15.9. The molecular formula is C17H18N2O2. The number of amides is 1. The largest absolute Gasteiger partial charge is 0.480 e. The van der Waals surface area contributed by atoms with Gasteiger partial charge in [-0.3, -0.25) is 4.79 Å². The molecule has 1 saturated carbocycles. The summed E-state index contributed by atoms with van der Waals surface area (Å²) in [7, 11) is 1.52. The van der Waals surface area contributed by atoms with E-state index in [1.807, 2.05) is 18.2 Å². The summed E-state index contributed by atoms with van der Waals surface area (Å²) in [5, 5.41) is 3.18. The highest BCUT2D eigenvalue weighted by molar-refractivity contribution is 5.97. The van der Waals surface area contributed by atoms with Gasteiger partial charge < -0.3 is 10.1 Å². The molecule has 4 heteroatoms. The summed E-state index contributed by atoms with van der Waals surface area (Å²) in [6.45, 7) is 0. The first-order valence-electron chi connectivity index (χ1n) is 7.12. The summed E-state index contributed by atoms with van der Waals surface area (Å²) < 4.78 is 5.17. The lowest BCUT2D eigenvalue weighted by Crippen LogP contribution is -2.50. The highest BCUT2D eigenvalue weighted by atomic mass is 16.5. The van der Waals surface area contributed by atoms with Gasteiger partial charge in [0.2, 0.25) is 5.88 Å². The third-order valence-electron chi connectivity index (χ3n) is 4.10. The van der Waals surface area contributed by atoms with E-state index in [9.17, 15) is 4.79 Å². The van der Waals surface area contributed by atoms with Crippen LogP contribution in [0.2, 0.25) is 0 Å². The van der Waals surface area contributed by atoms with Crippen molar-refractivity contribution in [3.63, 3.8) is 0 Å². The summed E-state index contributed by atoms with van der Waals surface area (Å²) in [5.74, 6) is 0.223. The Morgan fingerprint density at radius 3 is 2.57 bits per heavy atom. The van der Waals surface area contributed by atoms with Crippen molar-refractivity contribution in [2.45, 2.75) is 24.8 Å². The van der Waals surface area contributed by atoms with E-state index in [4.69, 9.17) is 4.74 Å². The second kappa shape index (κ2) is 5.56. The molecule has 2 aromatic rings. The fourth-order valence-corrected chi connectivity index (χ4v) is 2.78. The molecule has 1 aromatic carbocycles. The summed E-state index contributed by atoms with van der Waals surface area (Å²) in [5.41, 5.74) is 1.38. The molecule has 3 rings (SSSR count). The minimum absolute atomic E-state index is 0.136. The van der Waals surface area contributed by atoms with Gasteiger partial charge in [-0.2, -0.15) is 0 Å². The van der Waals surface area contributed by atoms with E-state index >= 15 is 0 Å². The molecule has 0 bridgehead atoms. The molecule has 4 nitrogen and oxygen atoms in total. The van der Waals surface area contributed by atoms with E-state index in [0.717, 1.165) is 24.8 Å². The average molecular weight is 282 g/mol. The Balaban J connectivity index is 1.86. The highest BCUT2D eigenvalue weighted by Gasteiger charge is 2.40. The van der Waals surface area contributed by atoms with Crippen LogP contribution in [0.1, 0.15) is 35.2 Å². The molecule has 0 radical (unpaired) electrons. The van der Waals surface area contributed by atoms with Crippen LogP contribution >= 0.6 is 0 Å². The molecule has 0 aliphatic heterocycles. The van der Waals surface area contributed by atoms with Crippen LogP contribution < -0.4 is 10.1 Å². The number of ether oxygens (including phenoxy) is 1. The van der Waals surface area contributed by atoms with Crippen molar-refractivity contribution >= 4 is 5.91 Å². The third kappa shape index (κ3) is 2.49. The van der Waals surface area contributed by atoms with Crippen LogP contribution in [0.15, 0.2) is 48.7 Å². The Kier molecular flexibility index (Phi) is 3.60. The molecule has 21 heavy (non-hydrogen) atoms. The van der Waals surface area contributed by atoms with Gasteiger partial charge in [-0.05, 0) is 37.0 Å². The number of methoxy groups -OCH3 is 1. The number of benzene rings is 1. The quantitative estimate of drug-likeness (QED) is 0.938. The number of hydrogen-bond acceptors (Lipinski definition) is 3. The summed E-state index contributed by atoms with van der Waals surface area (Å²) >= 11 is 0. The van der Waals surface area contributed by atoms with E-state index < -0.39 is 0 Å². The maximum Gasteiger partial charge on any atom is 0.257 e. The molecule has 1 aromatic heterocycles. The zero-order valence-electron chi connectivity index (χ0n) is 12.0. The highest BCUT2D eigenvalue weighted by Crippen LogP contribution is 2.41. The summed E-state index contributed by atoms with van der Waals surface area (Å²) in [4.78, 5) is 16.7. The first kappa shape index (κ1) is 13.6. The topological polar surface area (TPSA) is 51.2 Å². The second-order valence-electron chi connectivity index (χ2n) is 5.32. The second-order valence-corrected chi connectivity index (χ2v) is 5.32. The van der Waals surface area contributed by atoms with Crippen molar-refractivity contribution < 1.29 is 9.53 Å². The molecule has 1 N–H and O–H groups in total. The monoisotopic (exact) mass is 282 g/mol. The standard InChI is InChI=1S/C17H18N2O2/c1-21-16-14(9-5-12-18-16)15(20)19-17(10-6-11-17)13-7-3-2-4-8-13/h2-5,7-9,12H,6,10-11H2,1H3,(H,19,20). The van der Waals surface area contributed by atoms with Crippen molar-refractivity contribution in [2.24, 2.45) is 0 Å². The molecule has 108 valence electrons. The molecule has 1 aliphatic rings. The predicted molar refractivity (Wildman–Crippen MR) is 80.2 cm³/mol. The zero-order chi connectivity index (χ0) is 14.7. The Morgan fingerprint density at radius 1 is 1.19 bits per heavy atom. The van der Waals surface area contributed by atoms with Crippen LogP contribution in [0, 0.1) is 0 Å². The van der Waals surface area contributed by atoms with Crippen LogP contribution in [-0.2, 0) is 5.54 Å². The number of carbonyl (C=O) groups is 1. The number of nitrogens with one attached hydrogen (secondary N) is 1. The van der Waals surface area contributed by atoms with E-state index in [2.05, 4.69) is 22.4 Å². The smallest absolute Gasteiger partial charge is 0.257 e. The fraction of sp³-hybridized carbons (Fsp3) is 0.294. The molecule has 0 unspecified atom stereocenters. The molecule has 0 atom stereocenters. The number of nitrogens with zero attached hydrogens (tertiary/aromatic N) is 1. The first-order valence-corrected chi connectivity index (χ1v) is 7.12. The molecule has 1 heterocycles. The van der Waals surface area contributed by atoms with Crippen LogP contribution in [0.4, 0.5) is 0 Å². The van der Waals surface area contributed by atoms with Gasteiger partial charge in [0.05, 0.1) is 12.6 Å². The van der Waals surface area contributed by atoms with E-state index in [1.54, 1.807) is 18.3 Å². The maximum atomic E-state index is 12.6. The van der Waals surface area contributed by atoms with Crippen molar-refractivity contribution in [3.8, 4) is 5.88 Å². The Hall–Kier alpha value is -2.36. The lowest BCUT2D eigenvalue weighted by molar-refractivity contribution is 0.0819. The van der Waals surface area contributed by atoms with Crippen LogP contribution in [0.25, 0.3) is 0 Å². The average Bonchev–Trinajstić information content (AvgIpc) is 2.51. The lowest BCUT2D eigenvalue weighted by atomic mass is 9.71. The van der Waals surface area contributed by atoms with Crippen molar-refractivity contribution in [3.05, 3.63) is 59.8 Å². The van der Waals surface area contributed by atoms with Gasteiger partial charge in [0.1, 0.15) is 5.56 Å².